The zero-order valence-electron chi connectivity index (χ0n) is 16.8. The summed E-state index contributed by atoms with van der Waals surface area (Å²) >= 11 is 1.01. The maximum absolute atomic E-state index is 13.0. The number of unbranched alkanes of at least 4 members (excludes halogenated alkanes) is 1. The Labute approximate surface area is 179 Å². The van der Waals surface area contributed by atoms with Crippen LogP contribution in [0.15, 0.2) is 64.3 Å². The SMILES string of the molecule is CCCCn1c(=O)c(C(=O)NCCc2ccc(SOON)cc2)cc2ccccc21. The largest absolute Gasteiger partial charge is 0.352 e. The molecule has 0 unspecified atom stereocenters. The average Bonchev–Trinajstić information content (AvgIpc) is 2.77. The van der Waals surface area contributed by atoms with Crippen molar-refractivity contribution in [3.05, 3.63) is 76.1 Å². The number of carbonyl (C=O) groups excluding carboxylic acids is 1. The number of benzene rings is 2. The summed E-state index contributed by atoms with van der Waals surface area (Å²) in [6.07, 6.45) is 2.49. The van der Waals surface area contributed by atoms with Gasteiger partial charge < -0.3 is 9.88 Å². The van der Waals surface area contributed by atoms with Crippen LogP contribution in [0.4, 0.5) is 0 Å². The van der Waals surface area contributed by atoms with Gasteiger partial charge in [-0.15, -0.1) is 9.32 Å². The minimum Gasteiger partial charge on any atom is -0.352 e. The van der Waals surface area contributed by atoms with E-state index in [1.165, 1.54) is 0 Å². The Balaban J connectivity index is 1.69. The van der Waals surface area contributed by atoms with Crippen LogP contribution in [0.1, 0.15) is 35.7 Å². The van der Waals surface area contributed by atoms with E-state index in [4.69, 9.17) is 5.90 Å². The predicted molar refractivity (Wildman–Crippen MR) is 118 cm³/mol. The van der Waals surface area contributed by atoms with E-state index in [2.05, 4.69) is 21.6 Å². The lowest BCUT2D eigenvalue weighted by molar-refractivity contribution is -0.195. The Morgan fingerprint density at radius 1 is 1.17 bits per heavy atom. The Hall–Kier alpha value is -2.65. The molecule has 0 radical (unpaired) electrons. The summed E-state index contributed by atoms with van der Waals surface area (Å²) in [7, 11) is 0. The highest BCUT2D eigenvalue weighted by Crippen LogP contribution is 2.19. The molecule has 2 aromatic carbocycles. The van der Waals surface area contributed by atoms with Crippen molar-refractivity contribution in [2.75, 3.05) is 6.54 Å². The molecule has 1 aromatic heterocycles. The Morgan fingerprint density at radius 3 is 2.67 bits per heavy atom. The minimum atomic E-state index is -0.350. The van der Waals surface area contributed by atoms with Crippen molar-refractivity contribution in [2.24, 2.45) is 5.90 Å². The number of amides is 1. The summed E-state index contributed by atoms with van der Waals surface area (Å²) in [6, 6.07) is 16.9. The second-order valence-electron chi connectivity index (χ2n) is 6.82. The molecule has 0 atom stereocenters. The molecular formula is C22H25N3O4S. The Morgan fingerprint density at radius 2 is 1.93 bits per heavy atom. The molecule has 0 aliphatic rings. The van der Waals surface area contributed by atoms with Crippen LogP contribution in [-0.4, -0.2) is 17.0 Å². The number of rotatable bonds is 10. The normalized spacial score (nSPS) is 11.0. The number of aromatic nitrogens is 1. The van der Waals surface area contributed by atoms with Gasteiger partial charge in [0, 0.05) is 18.0 Å². The molecule has 7 nitrogen and oxygen atoms in total. The maximum atomic E-state index is 13.0. The van der Waals surface area contributed by atoms with Crippen LogP contribution < -0.4 is 16.8 Å². The first-order valence-electron chi connectivity index (χ1n) is 9.84. The fraction of sp³-hybridized carbons (Fsp3) is 0.273. The van der Waals surface area contributed by atoms with E-state index in [0.717, 1.165) is 46.2 Å². The van der Waals surface area contributed by atoms with Gasteiger partial charge in [-0.2, -0.15) is 5.90 Å². The Kier molecular flexibility index (Phi) is 8.04. The highest BCUT2D eigenvalue weighted by Gasteiger charge is 2.15. The van der Waals surface area contributed by atoms with E-state index in [9.17, 15) is 9.59 Å². The number of hydrogen-bond donors (Lipinski definition) is 2. The number of carbonyl (C=O) groups is 1. The molecule has 0 saturated heterocycles. The van der Waals surface area contributed by atoms with Gasteiger partial charge in [0.2, 0.25) is 0 Å². The lowest BCUT2D eigenvalue weighted by Gasteiger charge is -2.13. The molecule has 3 N–H and O–H groups in total. The van der Waals surface area contributed by atoms with Gasteiger partial charge in [0.15, 0.2) is 0 Å². The maximum Gasteiger partial charge on any atom is 0.263 e. The van der Waals surface area contributed by atoms with E-state index in [1.807, 2.05) is 48.5 Å². The topological polar surface area (TPSA) is 95.6 Å². The Bertz CT molecular complexity index is 1050. The lowest BCUT2D eigenvalue weighted by Crippen LogP contribution is -2.34. The van der Waals surface area contributed by atoms with Gasteiger partial charge in [0.1, 0.15) is 5.56 Å². The van der Waals surface area contributed by atoms with Gasteiger partial charge in [-0.05, 0) is 48.1 Å². The van der Waals surface area contributed by atoms with Gasteiger partial charge in [-0.3, -0.25) is 9.59 Å². The number of nitrogens with two attached hydrogens (primary N) is 1. The van der Waals surface area contributed by atoms with Gasteiger partial charge >= 0.3 is 0 Å². The summed E-state index contributed by atoms with van der Waals surface area (Å²) in [4.78, 5) is 30.6. The molecule has 158 valence electrons. The summed E-state index contributed by atoms with van der Waals surface area (Å²) in [5, 5.41) is 3.75. The molecule has 0 bridgehead atoms. The number of hydrogen-bond acceptors (Lipinski definition) is 6. The van der Waals surface area contributed by atoms with Crippen LogP contribution in [0.3, 0.4) is 0 Å². The monoisotopic (exact) mass is 427 g/mol. The van der Waals surface area contributed by atoms with E-state index in [1.54, 1.807) is 10.6 Å². The molecule has 8 heteroatoms. The van der Waals surface area contributed by atoms with Gasteiger partial charge in [0.25, 0.3) is 11.5 Å². The van der Waals surface area contributed by atoms with Crippen LogP contribution >= 0.6 is 12.0 Å². The number of para-hydroxylation sites is 1. The molecule has 3 rings (SSSR count). The summed E-state index contributed by atoms with van der Waals surface area (Å²) < 4.78 is 6.31. The van der Waals surface area contributed by atoms with Gasteiger partial charge in [-0.1, -0.05) is 43.7 Å². The highest BCUT2D eigenvalue weighted by molar-refractivity contribution is 7.94. The smallest absolute Gasteiger partial charge is 0.263 e. The fourth-order valence-electron chi connectivity index (χ4n) is 3.21. The number of pyridine rings is 1. The molecular weight excluding hydrogens is 402 g/mol. The molecule has 30 heavy (non-hydrogen) atoms. The lowest BCUT2D eigenvalue weighted by atomic mass is 10.1. The second kappa shape index (κ2) is 10.9. The predicted octanol–water partition coefficient (Wildman–Crippen LogP) is 3.60. The molecule has 0 aliphatic heterocycles. The van der Waals surface area contributed by atoms with E-state index in [0.29, 0.717) is 19.5 Å². The molecule has 1 amide bonds. The van der Waals surface area contributed by atoms with E-state index in [-0.39, 0.29) is 17.0 Å². The molecule has 0 spiro atoms. The van der Waals surface area contributed by atoms with E-state index < -0.39 is 0 Å². The van der Waals surface area contributed by atoms with Crippen molar-refractivity contribution in [2.45, 2.75) is 37.6 Å². The third-order valence-corrected chi connectivity index (χ3v) is 5.39. The first kappa shape index (κ1) is 22.0. The van der Waals surface area contributed by atoms with Crippen molar-refractivity contribution in [1.29, 1.82) is 0 Å². The molecule has 1 heterocycles. The zero-order valence-corrected chi connectivity index (χ0v) is 17.6. The highest BCUT2D eigenvalue weighted by atomic mass is 32.2. The van der Waals surface area contributed by atoms with Crippen LogP contribution in [0.2, 0.25) is 0 Å². The van der Waals surface area contributed by atoms with Crippen molar-refractivity contribution in [3.8, 4) is 0 Å². The quantitative estimate of drug-likeness (QED) is 0.292. The van der Waals surface area contributed by atoms with Crippen molar-refractivity contribution < 1.29 is 14.1 Å². The van der Waals surface area contributed by atoms with Crippen molar-refractivity contribution in [3.63, 3.8) is 0 Å². The average molecular weight is 428 g/mol. The molecule has 0 fully saturated rings. The van der Waals surface area contributed by atoms with Crippen LogP contribution in [0.5, 0.6) is 0 Å². The second-order valence-corrected chi connectivity index (χ2v) is 7.60. The number of nitrogens with one attached hydrogen (secondary N) is 1. The molecule has 0 aliphatic carbocycles. The molecule has 0 saturated carbocycles. The third-order valence-electron chi connectivity index (χ3n) is 4.77. The van der Waals surface area contributed by atoms with E-state index >= 15 is 0 Å². The summed E-state index contributed by atoms with van der Waals surface area (Å²) in [5.41, 5.74) is 1.83. The fourth-order valence-corrected chi connectivity index (χ4v) is 3.58. The third kappa shape index (κ3) is 5.48. The van der Waals surface area contributed by atoms with Crippen LogP contribution in [0.25, 0.3) is 10.9 Å². The van der Waals surface area contributed by atoms with Crippen molar-refractivity contribution >= 4 is 28.9 Å². The first-order valence-corrected chi connectivity index (χ1v) is 10.6. The number of aryl methyl sites for hydroxylation is 1. The van der Waals surface area contributed by atoms with Gasteiger partial charge in [-0.25, -0.2) is 0 Å². The van der Waals surface area contributed by atoms with Crippen molar-refractivity contribution in [1.82, 2.24) is 9.88 Å². The number of nitrogens with zero attached hydrogens (tertiary/aromatic N) is 1. The summed E-state index contributed by atoms with van der Waals surface area (Å²) in [5.74, 6) is 4.47. The molecule has 3 aromatic rings. The summed E-state index contributed by atoms with van der Waals surface area (Å²) in [6.45, 7) is 3.10. The zero-order chi connectivity index (χ0) is 21.3. The van der Waals surface area contributed by atoms with Crippen LogP contribution in [-0.2, 0) is 22.3 Å². The minimum absolute atomic E-state index is 0.176. The van der Waals surface area contributed by atoms with Gasteiger partial charge in [0.05, 0.1) is 17.6 Å². The standard InChI is InChI=1S/C22H25N3O4S/c1-2-3-14-25-20-7-5-4-6-17(20)15-19(22(25)27)21(26)24-13-12-16-8-10-18(11-9-16)30-29-28-23/h4-11,15H,2-3,12-14,23H2,1H3,(H,24,26). The first-order chi connectivity index (χ1) is 14.6. The van der Waals surface area contributed by atoms with Crippen LogP contribution in [0, 0.1) is 0 Å². The number of fused-ring (bicyclic) bond motifs is 1.